The van der Waals surface area contributed by atoms with Gasteiger partial charge < -0.3 is 16.8 Å². The first-order valence-corrected chi connectivity index (χ1v) is 7.58. The lowest BCUT2D eigenvalue weighted by molar-refractivity contribution is -0.120. The van der Waals surface area contributed by atoms with E-state index < -0.39 is 17.9 Å². The zero-order chi connectivity index (χ0) is 15.7. The number of hydrogen-bond donors (Lipinski definition) is 3. The molecule has 1 aromatic heterocycles. The summed E-state index contributed by atoms with van der Waals surface area (Å²) in [6.07, 6.45) is 0. The molecule has 0 radical (unpaired) electrons. The minimum absolute atomic E-state index is 0.100. The summed E-state index contributed by atoms with van der Waals surface area (Å²) in [5, 5.41) is 3.98. The second kappa shape index (κ2) is 5.91. The fraction of sp³-hybridized carbons (Fsp3) is 0.286. The van der Waals surface area contributed by atoms with Crippen LogP contribution in [-0.2, 0) is 4.79 Å². The third-order valence-electron chi connectivity index (χ3n) is 3.16. The Morgan fingerprint density at radius 3 is 2.57 bits per heavy atom. The Bertz CT molecular complexity index is 712. The number of thiophene rings is 1. The van der Waals surface area contributed by atoms with E-state index in [2.05, 4.69) is 5.32 Å². The molecule has 21 heavy (non-hydrogen) atoms. The number of benzene rings is 1. The summed E-state index contributed by atoms with van der Waals surface area (Å²) in [5.41, 5.74) is 11.7. The van der Waals surface area contributed by atoms with E-state index in [9.17, 15) is 9.59 Å². The molecule has 5 nitrogen and oxygen atoms in total. The highest BCUT2D eigenvalue weighted by Crippen LogP contribution is 2.35. The van der Waals surface area contributed by atoms with Crippen molar-refractivity contribution in [1.29, 1.82) is 0 Å². The number of halogens is 1. The maximum absolute atomic E-state index is 12.3. The molecule has 0 saturated carbocycles. The van der Waals surface area contributed by atoms with Crippen LogP contribution < -0.4 is 16.8 Å². The molecule has 0 saturated heterocycles. The van der Waals surface area contributed by atoms with Crippen LogP contribution in [-0.4, -0.2) is 17.9 Å². The fourth-order valence-corrected chi connectivity index (χ4v) is 3.33. The summed E-state index contributed by atoms with van der Waals surface area (Å²) in [4.78, 5) is 24.0. The minimum Gasteiger partial charge on any atom is -0.397 e. The Morgan fingerprint density at radius 2 is 2.00 bits per heavy atom. The second-order valence-electron chi connectivity index (χ2n) is 5.08. The number of rotatable bonds is 4. The summed E-state index contributed by atoms with van der Waals surface area (Å²) in [6.45, 7) is 3.62. The first-order valence-electron chi connectivity index (χ1n) is 6.39. The highest BCUT2D eigenvalue weighted by molar-refractivity contribution is 7.21. The molecule has 2 amide bonds. The first kappa shape index (κ1) is 15.6. The molecule has 0 aliphatic heterocycles. The molecule has 0 aliphatic rings. The van der Waals surface area contributed by atoms with E-state index in [1.807, 2.05) is 13.8 Å². The van der Waals surface area contributed by atoms with Gasteiger partial charge in [0.25, 0.3) is 5.91 Å². The van der Waals surface area contributed by atoms with Gasteiger partial charge in [-0.05, 0) is 24.1 Å². The average molecular weight is 326 g/mol. The van der Waals surface area contributed by atoms with Crippen molar-refractivity contribution in [2.45, 2.75) is 19.9 Å². The smallest absolute Gasteiger partial charge is 0.264 e. The number of fused-ring (bicyclic) bond motifs is 1. The van der Waals surface area contributed by atoms with Gasteiger partial charge in [-0.2, -0.15) is 0 Å². The van der Waals surface area contributed by atoms with Crippen LogP contribution in [0.1, 0.15) is 23.5 Å². The molecule has 1 aromatic carbocycles. The number of amides is 2. The molecule has 0 spiro atoms. The van der Waals surface area contributed by atoms with Crippen LogP contribution in [0.15, 0.2) is 18.2 Å². The number of nitrogens with two attached hydrogens (primary N) is 2. The van der Waals surface area contributed by atoms with Crippen LogP contribution in [0.5, 0.6) is 0 Å². The lowest BCUT2D eigenvalue weighted by Crippen LogP contribution is -2.47. The number of carbonyl (C=O) groups is 2. The zero-order valence-corrected chi connectivity index (χ0v) is 13.2. The van der Waals surface area contributed by atoms with E-state index in [1.165, 1.54) is 11.3 Å². The number of anilines is 1. The van der Waals surface area contributed by atoms with Crippen molar-refractivity contribution in [2.75, 3.05) is 5.73 Å². The Morgan fingerprint density at radius 1 is 1.33 bits per heavy atom. The third kappa shape index (κ3) is 3.11. The molecule has 1 heterocycles. The topological polar surface area (TPSA) is 98.2 Å². The van der Waals surface area contributed by atoms with E-state index in [0.29, 0.717) is 15.6 Å². The summed E-state index contributed by atoms with van der Waals surface area (Å²) in [6, 6.07) is 4.51. The highest BCUT2D eigenvalue weighted by Gasteiger charge is 2.24. The molecule has 2 aromatic rings. The minimum atomic E-state index is -0.731. The van der Waals surface area contributed by atoms with E-state index in [-0.39, 0.29) is 5.92 Å². The van der Waals surface area contributed by atoms with Gasteiger partial charge in [0, 0.05) is 15.1 Å². The lowest BCUT2D eigenvalue weighted by Gasteiger charge is -2.18. The first-order chi connectivity index (χ1) is 9.81. The van der Waals surface area contributed by atoms with Gasteiger partial charge in [0.15, 0.2) is 0 Å². The van der Waals surface area contributed by atoms with Crippen LogP contribution in [0, 0.1) is 5.92 Å². The third-order valence-corrected chi connectivity index (χ3v) is 4.56. The molecule has 7 heteroatoms. The predicted octanol–water partition coefficient (Wildman–Crippen LogP) is 2.38. The molecule has 5 N–H and O–H groups in total. The molecule has 2 rings (SSSR count). The quantitative estimate of drug-likeness (QED) is 0.804. The predicted molar refractivity (Wildman–Crippen MR) is 86.5 cm³/mol. The number of nitrogen functional groups attached to an aromatic ring is 1. The van der Waals surface area contributed by atoms with Crippen LogP contribution in [0.3, 0.4) is 0 Å². The summed E-state index contributed by atoms with van der Waals surface area (Å²) in [7, 11) is 0. The Hall–Kier alpha value is -1.79. The number of hydrogen-bond acceptors (Lipinski definition) is 4. The van der Waals surface area contributed by atoms with Gasteiger partial charge in [0.2, 0.25) is 5.91 Å². The molecule has 0 aliphatic carbocycles. The van der Waals surface area contributed by atoms with Gasteiger partial charge in [-0.25, -0.2) is 0 Å². The molecule has 1 unspecified atom stereocenters. The van der Waals surface area contributed by atoms with Crippen LogP contribution >= 0.6 is 22.9 Å². The monoisotopic (exact) mass is 325 g/mol. The second-order valence-corrected chi connectivity index (χ2v) is 6.57. The van der Waals surface area contributed by atoms with Gasteiger partial charge in [0.05, 0.1) is 5.69 Å². The largest absolute Gasteiger partial charge is 0.397 e. The molecular weight excluding hydrogens is 310 g/mol. The van der Waals surface area contributed by atoms with Crippen molar-refractivity contribution in [3.05, 3.63) is 28.1 Å². The van der Waals surface area contributed by atoms with Crippen molar-refractivity contribution in [3.63, 3.8) is 0 Å². The van der Waals surface area contributed by atoms with Crippen LogP contribution in [0.25, 0.3) is 10.1 Å². The summed E-state index contributed by atoms with van der Waals surface area (Å²) < 4.78 is 0.824. The van der Waals surface area contributed by atoms with Crippen LogP contribution in [0.2, 0.25) is 5.02 Å². The number of nitrogens with one attached hydrogen (secondary N) is 1. The van der Waals surface area contributed by atoms with E-state index in [1.54, 1.807) is 18.2 Å². The SMILES string of the molecule is CC(C)C(NC(=O)c1sc2cc(Cl)ccc2c1N)C(N)=O. The lowest BCUT2D eigenvalue weighted by atomic mass is 10.0. The van der Waals surface area contributed by atoms with Crippen molar-refractivity contribution < 1.29 is 9.59 Å². The average Bonchev–Trinajstić information content (AvgIpc) is 2.71. The van der Waals surface area contributed by atoms with Crippen molar-refractivity contribution in [1.82, 2.24) is 5.32 Å². The Kier molecular flexibility index (Phi) is 4.39. The highest BCUT2D eigenvalue weighted by atomic mass is 35.5. The van der Waals surface area contributed by atoms with E-state index >= 15 is 0 Å². The molecule has 0 fully saturated rings. The standard InChI is InChI=1S/C14H16ClN3O2S/c1-6(2)11(13(17)19)18-14(20)12-10(16)8-4-3-7(15)5-9(8)21-12/h3-6,11H,16H2,1-2H3,(H2,17,19)(H,18,20). The van der Waals surface area contributed by atoms with Gasteiger partial charge in [0.1, 0.15) is 10.9 Å². The van der Waals surface area contributed by atoms with Crippen molar-refractivity contribution in [3.8, 4) is 0 Å². The van der Waals surface area contributed by atoms with Crippen molar-refractivity contribution in [2.24, 2.45) is 11.7 Å². The van der Waals surface area contributed by atoms with Crippen LogP contribution in [0.4, 0.5) is 5.69 Å². The molecule has 0 bridgehead atoms. The van der Waals surface area contributed by atoms with Gasteiger partial charge >= 0.3 is 0 Å². The molecule has 1 atom stereocenters. The Labute approximate surface area is 131 Å². The van der Waals surface area contributed by atoms with E-state index in [0.717, 1.165) is 10.1 Å². The fourth-order valence-electron chi connectivity index (χ4n) is 2.03. The summed E-state index contributed by atoms with van der Waals surface area (Å²) >= 11 is 7.17. The molecular formula is C14H16ClN3O2S. The summed E-state index contributed by atoms with van der Waals surface area (Å²) in [5.74, 6) is -1.07. The molecule has 112 valence electrons. The maximum atomic E-state index is 12.3. The maximum Gasteiger partial charge on any atom is 0.264 e. The van der Waals surface area contributed by atoms with E-state index in [4.69, 9.17) is 23.1 Å². The van der Waals surface area contributed by atoms with Gasteiger partial charge in [-0.3, -0.25) is 9.59 Å². The number of primary amides is 1. The zero-order valence-electron chi connectivity index (χ0n) is 11.6. The van der Waals surface area contributed by atoms with Crippen molar-refractivity contribution >= 4 is 50.5 Å². The van der Waals surface area contributed by atoms with Gasteiger partial charge in [-0.1, -0.05) is 25.4 Å². The number of carbonyl (C=O) groups excluding carboxylic acids is 2. The Balaban J connectivity index is 2.35. The van der Waals surface area contributed by atoms with Gasteiger partial charge in [-0.15, -0.1) is 11.3 Å². The normalized spacial score (nSPS) is 12.6.